The molecule has 24 heavy (non-hydrogen) atoms. The molecule has 2 N–H and O–H groups in total. The Balaban J connectivity index is 1.71. The van der Waals surface area contributed by atoms with E-state index in [1.54, 1.807) is 24.2 Å². The zero-order valence-electron chi connectivity index (χ0n) is 14.1. The molecule has 0 fully saturated rings. The Bertz CT molecular complexity index is 804. The number of aromatic nitrogens is 4. The van der Waals surface area contributed by atoms with Gasteiger partial charge >= 0.3 is 0 Å². The van der Waals surface area contributed by atoms with Crippen LogP contribution in [0, 0.1) is 0 Å². The molecule has 2 heterocycles. The second-order valence-electron chi connectivity index (χ2n) is 6.65. The van der Waals surface area contributed by atoms with Crippen LogP contribution < -0.4 is 5.84 Å². The first-order chi connectivity index (χ1) is 11.4. The fraction of sp³-hybridized carbons (Fsp3) is 0.278. The number of hydrogen-bond acceptors (Lipinski definition) is 5. The van der Waals surface area contributed by atoms with Crippen molar-refractivity contribution in [3.05, 3.63) is 59.9 Å². The normalized spacial score (nSPS) is 11.6. The Morgan fingerprint density at radius 3 is 2.46 bits per heavy atom. The maximum absolute atomic E-state index is 6.12. The molecule has 0 atom stereocenters. The van der Waals surface area contributed by atoms with Gasteiger partial charge in [0.05, 0.1) is 0 Å². The van der Waals surface area contributed by atoms with E-state index in [9.17, 15) is 0 Å². The smallest absolute Gasteiger partial charge is 0.210 e. The van der Waals surface area contributed by atoms with Crippen LogP contribution in [-0.4, -0.2) is 19.9 Å². The van der Waals surface area contributed by atoms with Gasteiger partial charge in [0, 0.05) is 23.7 Å². The number of nitrogen functional groups attached to an aromatic ring is 1. The third-order valence-corrected chi connectivity index (χ3v) is 4.79. The summed E-state index contributed by atoms with van der Waals surface area (Å²) < 4.78 is 1.52. The number of thioether (sulfide) groups is 1. The Kier molecular flexibility index (Phi) is 4.57. The van der Waals surface area contributed by atoms with Crippen LogP contribution in [0.3, 0.4) is 0 Å². The van der Waals surface area contributed by atoms with Gasteiger partial charge in [-0.15, -0.1) is 10.2 Å². The van der Waals surface area contributed by atoms with Gasteiger partial charge in [-0.2, -0.15) is 0 Å². The third kappa shape index (κ3) is 3.59. The maximum Gasteiger partial charge on any atom is 0.210 e. The summed E-state index contributed by atoms with van der Waals surface area (Å²) in [6, 6.07) is 12.5. The van der Waals surface area contributed by atoms with Crippen molar-refractivity contribution in [1.29, 1.82) is 0 Å². The summed E-state index contributed by atoms with van der Waals surface area (Å²) in [5, 5.41) is 9.05. The molecule has 0 amide bonds. The zero-order chi connectivity index (χ0) is 17.2. The molecule has 0 unspecified atom stereocenters. The lowest BCUT2D eigenvalue weighted by molar-refractivity contribution is 0.590. The highest BCUT2D eigenvalue weighted by Gasteiger charge is 2.14. The molecule has 0 spiro atoms. The van der Waals surface area contributed by atoms with E-state index < -0.39 is 0 Å². The number of rotatable bonds is 4. The van der Waals surface area contributed by atoms with Crippen LogP contribution in [-0.2, 0) is 11.2 Å². The molecular weight excluding hydrogens is 318 g/mol. The minimum atomic E-state index is 0.168. The second-order valence-corrected chi connectivity index (χ2v) is 7.60. The molecule has 3 rings (SSSR count). The van der Waals surface area contributed by atoms with E-state index in [2.05, 4.69) is 60.2 Å². The van der Waals surface area contributed by atoms with Gasteiger partial charge in [0.1, 0.15) is 0 Å². The Morgan fingerprint density at radius 2 is 1.83 bits per heavy atom. The van der Waals surface area contributed by atoms with Gasteiger partial charge in [-0.25, -0.2) is 4.68 Å². The van der Waals surface area contributed by atoms with E-state index in [1.165, 1.54) is 15.8 Å². The minimum Gasteiger partial charge on any atom is -0.335 e. The summed E-state index contributed by atoms with van der Waals surface area (Å²) in [6.07, 6.45) is 3.45. The highest BCUT2D eigenvalue weighted by Crippen LogP contribution is 2.26. The summed E-state index contributed by atoms with van der Waals surface area (Å²) >= 11 is 1.57. The van der Waals surface area contributed by atoms with Crippen LogP contribution in [0.5, 0.6) is 0 Å². The molecule has 3 aromatic rings. The number of hydrogen-bond donors (Lipinski definition) is 1. The summed E-state index contributed by atoms with van der Waals surface area (Å²) in [6.45, 7) is 6.65. The first kappa shape index (κ1) is 16.5. The average molecular weight is 339 g/mol. The van der Waals surface area contributed by atoms with Crippen molar-refractivity contribution in [2.75, 3.05) is 5.84 Å². The van der Waals surface area contributed by atoms with Crippen molar-refractivity contribution in [1.82, 2.24) is 19.9 Å². The van der Waals surface area contributed by atoms with Gasteiger partial charge in [-0.05, 0) is 28.7 Å². The van der Waals surface area contributed by atoms with E-state index in [-0.39, 0.29) is 5.41 Å². The molecular formula is C18H21N5S. The number of benzene rings is 1. The molecule has 0 aliphatic carbocycles. The van der Waals surface area contributed by atoms with Gasteiger partial charge < -0.3 is 5.84 Å². The lowest BCUT2D eigenvalue weighted by Gasteiger charge is -2.19. The summed E-state index contributed by atoms with van der Waals surface area (Å²) in [4.78, 5) is 4.09. The molecule has 0 saturated carbocycles. The van der Waals surface area contributed by atoms with Crippen LogP contribution in [0.4, 0.5) is 0 Å². The molecule has 0 aliphatic heterocycles. The summed E-state index contributed by atoms with van der Waals surface area (Å²) in [5.41, 5.74) is 3.59. The SMILES string of the molecule is CC(C)(C)c1ccc(CSc2nnc(-c3cccnc3)n2N)cc1. The minimum absolute atomic E-state index is 0.168. The van der Waals surface area contributed by atoms with Crippen LogP contribution in [0.25, 0.3) is 11.4 Å². The Hall–Kier alpha value is -2.34. The van der Waals surface area contributed by atoms with E-state index >= 15 is 0 Å². The molecule has 1 aromatic carbocycles. The number of nitrogens with two attached hydrogens (primary N) is 1. The molecule has 0 aliphatic rings. The van der Waals surface area contributed by atoms with Crippen LogP contribution in [0.15, 0.2) is 53.9 Å². The van der Waals surface area contributed by atoms with Gasteiger partial charge in [0.2, 0.25) is 5.16 Å². The molecule has 6 heteroatoms. The first-order valence-electron chi connectivity index (χ1n) is 7.78. The molecule has 0 bridgehead atoms. The first-order valence-corrected chi connectivity index (χ1v) is 8.77. The highest BCUT2D eigenvalue weighted by molar-refractivity contribution is 7.98. The third-order valence-electron chi connectivity index (χ3n) is 3.77. The standard InChI is InChI=1S/C18H21N5S/c1-18(2,3)15-8-6-13(7-9-15)12-24-17-22-21-16(23(17)19)14-5-4-10-20-11-14/h4-11H,12,19H2,1-3H3. The fourth-order valence-electron chi connectivity index (χ4n) is 2.32. The van der Waals surface area contributed by atoms with E-state index in [0.29, 0.717) is 11.0 Å². The van der Waals surface area contributed by atoms with Gasteiger partial charge in [0.25, 0.3) is 0 Å². The monoisotopic (exact) mass is 339 g/mol. The summed E-state index contributed by atoms with van der Waals surface area (Å²) in [5.74, 6) is 7.54. The Labute approximate surface area is 146 Å². The molecule has 124 valence electrons. The van der Waals surface area contributed by atoms with Gasteiger partial charge in [-0.3, -0.25) is 4.98 Å². The molecule has 5 nitrogen and oxygen atoms in total. The van der Waals surface area contributed by atoms with E-state index in [0.717, 1.165) is 11.3 Å². The lowest BCUT2D eigenvalue weighted by atomic mass is 9.87. The van der Waals surface area contributed by atoms with E-state index in [4.69, 9.17) is 5.84 Å². The largest absolute Gasteiger partial charge is 0.335 e. The van der Waals surface area contributed by atoms with Crippen LogP contribution in [0.2, 0.25) is 0 Å². The quantitative estimate of drug-likeness (QED) is 0.580. The van der Waals surface area contributed by atoms with Crippen molar-refractivity contribution in [3.63, 3.8) is 0 Å². The van der Waals surface area contributed by atoms with Crippen molar-refractivity contribution in [2.45, 2.75) is 37.1 Å². The van der Waals surface area contributed by atoms with Gasteiger partial charge in [-0.1, -0.05) is 56.8 Å². The maximum atomic E-state index is 6.12. The lowest BCUT2D eigenvalue weighted by Crippen LogP contribution is -2.11. The van der Waals surface area contributed by atoms with Crippen molar-refractivity contribution in [2.24, 2.45) is 0 Å². The van der Waals surface area contributed by atoms with Crippen molar-refractivity contribution >= 4 is 11.8 Å². The van der Waals surface area contributed by atoms with Crippen molar-refractivity contribution in [3.8, 4) is 11.4 Å². The predicted molar refractivity (Wildman–Crippen MR) is 98.1 cm³/mol. The highest BCUT2D eigenvalue weighted by atomic mass is 32.2. The topological polar surface area (TPSA) is 69.6 Å². The van der Waals surface area contributed by atoms with E-state index in [1.807, 2.05) is 12.1 Å². The fourth-order valence-corrected chi connectivity index (χ4v) is 3.13. The van der Waals surface area contributed by atoms with Gasteiger partial charge in [0.15, 0.2) is 5.82 Å². The average Bonchev–Trinajstić information content (AvgIpc) is 2.94. The summed E-state index contributed by atoms with van der Waals surface area (Å²) in [7, 11) is 0. The van der Waals surface area contributed by atoms with Crippen LogP contribution >= 0.6 is 11.8 Å². The number of nitrogens with zero attached hydrogens (tertiary/aromatic N) is 4. The molecule has 2 aromatic heterocycles. The predicted octanol–water partition coefficient (Wildman–Crippen LogP) is 3.64. The second kappa shape index (κ2) is 6.65. The molecule has 0 radical (unpaired) electrons. The van der Waals surface area contributed by atoms with Crippen LogP contribution in [0.1, 0.15) is 31.9 Å². The number of pyridine rings is 1. The molecule has 0 saturated heterocycles. The Morgan fingerprint density at radius 1 is 1.08 bits per heavy atom. The van der Waals surface area contributed by atoms with Crippen molar-refractivity contribution < 1.29 is 0 Å². The zero-order valence-corrected chi connectivity index (χ0v) is 14.9.